The van der Waals surface area contributed by atoms with Gasteiger partial charge in [0.1, 0.15) is 22.9 Å². The van der Waals surface area contributed by atoms with E-state index in [0.717, 1.165) is 24.0 Å². The Morgan fingerprint density at radius 1 is 1.18 bits per heavy atom. The van der Waals surface area contributed by atoms with Crippen LogP contribution < -0.4 is 14.8 Å². The van der Waals surface area contributed by atoms with Gasteiger partial charge in [-0.3, -0.25) is 4.72 Å². The minimum Gasteiger partial charge on any atom is -0.475 e. The number of carbonyl (C=O) groups is 2. The van der Waals surface area contributed by atoms with Gasteiger partial charge in [0.2, 0.25) is 5.88 Å². The van der Waals surface area contributed by atoms with Gasteiger partial charge in [0.25, 0.3) is 0 Å². The smallest absolute Gasteiger partial charge is 0.410 e. The molecule has 2 aromatic rings. The monoisotopic (exact) mass is 547 g/mol. The largest absolute Gasteiger partial charge is 0.475 e. The van der Waals surface area contributed by atoms with Crippen LogP contribution in [0.5, 0.6) is 5.88 Å². The number of nitrogens with one attached hydrogen (secondary N) is 2. The molecule has 0 spiro atoms. The first kappa shape index (κ1) is 26.3. The second-order valence-electron chi connectivity index (χ2n) is 11.1. The fraction of sp³-hybridized carbons (Fsp3) is 0.538. The van der Waals surface area contributed by atoms with E-state index < -0.39 is 27.4 Å². The summed E-state index contributed by atoms with van der Waals surface area (Å²) in [7, 11) is -1.72. The average Bonchev–Trinajstić information content (AvgIpc) is 3.58. The highest BCUT2D eigenvalue weighted by atomic mass is 32.2. The molecule has 3 aliphatic rings. The van der Waals surface area contributed by atoms with Gasteiger partial charge in [-0.05, 0) is 87.4 Å². The normalized spacial score (nSPS) is 19.4. The molecule has 1 aromatic carbocycles. The molecule has 38 heavy (non-hydrogen) atoms. The maximum Gasteiger partial charge on any atom is 0.410 e. The van der Waals surface area contributed by atoms with Gasteiger partial charge in [-0.15, -0.1) is 0 Å². The molecule has 12 heteroatoms. The number of rotatable bonds is 4. The van der Waals surface area contributed by atoms with Gasteiger partial charge in [0.05, 0.1) is 28.5 Å². The van der Waals surface area contributed by atoms with Crippen molar-refractivity contribution in [2.75, 3.05) is 19.0 Å². The van der Waals surface area contributed by atoms with Gasteiger partial charge in [0.15, 0.2) is 0 Å². The van der Waals surface area contributed by atoms with E-state index in [0.29, 0.717) is 49.0 Å². The second kappa shape index (κ2) is 9.48. The zero-order valence-electron chi connectivity index (χ0n) is 22.2. The van der Waals surface area contributed by atoms with Gasteiger partial charge in [-0.1, -0.05) is 0 Å². The van der Waals surface area contributed by atoms with Crippen molar-refractivity contribution in [1.29, 1.82) is 0 Å². The van der Waals surface area contributed by atoms with Crippen molar-refractivity contribution >= 4 is 33.4 Å². The first-order valence-electron chi connectivity index (χ1n) is 12.8. The summed E-state index contributed by atoms with van der Waals surface area (Å²) >= 11 is 0. The first-order chi connectivity index (χ1) is 17.9. The lowest BCUT2D eigenvalue weighted by Crippen LogP contribution is -2.47. The Balaban J connectivity index is 1.31. The standard InChI is InChI=1S/C26H34FN5O5S/c1-26(2,3)37-25(34)31(4)15-13-32-23(36-14-15)20(12-28-32)38(5,35)30-24(33)29-22-18-10-6-8-16(18)21(27)17-9-7-11-19(17)22/h12,15H,5-11,13-14H2,1-4H3,(H2,29,30,33,35)/t15-,38?/m0/s1. The molecule has 206 valence electrons. The molecule has 2 heterocycles. The van der Waals surface area contributed by atoms with Crippen LogP contribution in [0.25, 0.3) is 0 Å². The van der Waals surface area contributed by atoms with E-state index >= 15 is 0 Å². The molecule has 0 saturated carbocycles. The fourth-order valence-corrected chi connectivity index (χ4v) is 6.51. The van der Waals surface area contributed by atoms with Gasteiger partial charge in [0, 0.05) is 12.7 Å². The number of benzene rings is 1. The van der Waals surface area contributed by atoms with E-state index in [4.69, 9.17) is 9.47 Å². The zero-order valence-corrected chi connectivity index (χ0v) is 23.0. The first-order valence-corrected chi connectivity index (χ1v) is 14.5. The molecule has 1 unspecified atom stereocenters. The Morgan fingerprint density at radius 3 is 2.39 bits per heavy atom. The third-order valence-electron chi connectivity index (χ3n) is 7.21. The third kappa shape index (κ3) is 4.81. The number of urea groups is 1. The summed E-state index contributed by atoms with van der Waals surface area (Å²) in [4.78, 5) is 27.1. The highest BCUT2D eigenvalue weighted by Gasteiger charge is 2.34. The topological polar surface area (TPSA) is 115 Å². The molecule has 2 atom stereocenters. The van der Waals surface area contributed by atoms with Gasteiger partial charge in [-0.25, -0.2) is 22.9 Å². The van der Waals surface area contributed by atoms with E-state index in [1.54, 1.807) is 27.8 Å². The summed E-state index contributed by atoms with van der Waals surface area (Å²) in [6, 6.07) is -1.04. The molecular formula is C26H34FN5O5S. The molecule has 2 N–H and O–H groups in total. The van der Waals surface area contributed by atoms with Crippen molar-refractivity contribution < 1.29 is 27.7 Å². The molecule has 0 radical (unpaired) electrons. The van der Waals surface area contributed by atoms with Gasteiger partial charge >= 0.3 is 12.1 Å². The number of aromatic nitrogens is 2. The molecule has 0 fully saturated rings. The molecule has 0 saturated heterocycles. The van der Waals surface area contributed by atoms with E-state index in [9.17, 15) is 18.2 Å². The summed E-state index contributed by atoms with van der Waals surface area (Å²) in [6.07, 6.45) is 5.23. The quantitative estimate of drug-likeness (QED) is 0.567. The van der Waals surface area contributed by atoms with Crippen molar-refractivity contribution in [2.24, 2.45) is 0 Å². The van der Waals surface area contributed by atoms with Crippen molar-refractivity contribution in [3.8, 4) is 5.88 Å². The number of likely N-dealkylation sites (N-methyl/N-ethyl adjacent to an activating group) is 1. The van der Waals surface area contributed by atoms with E-state index in [-0.39, 0.29) is 29.2 Å². The van der Waals surface area contributed by atoms with Crippen molar-refractivity contribution in [1.82, 2.24) is 19.4 Å². The van der Waals surface area contributed by atoms with E-state index in [1.807, 2.05) is 0 Å². The lowest BCUT2D eigenvalue weighted by molar-refractivity contribution is 0.0101. The Morgan fingerprint density at radius 2 is 1.79 bits per heavy atom. The number of hydrogen-bond donors (Lipinski definition) is 2. The molecule has 1 aromatic heterocycles. The molecule has 3 amide bonds. The second-order valence-corrected chi connectivity index (χ2v) is 13.1. The maximum atomic E-state index is 15.0. The number of carbonyl (C=O) groups excluding carboxylic acids is 2. The number of fused-ring (bicyclic) bond motifs is 3. The SMILES string of the molecule is C=S(=O)(NC(=O)Nc1c2c(c(F)c3c1CCC3)CCC2)c1cnn2c1OC[C@@H](N(C)C(=O)OC(C)(C)C)C2. The van der Waals surface area contributed by atoms with Crippen LogP contribution in [0, 0.1) is 5.82 Å². The Bertz CT molecular complexity index is 1380. The van der Waals surface area contributed by atoms with Crippen LogP contribution in [0.2, 0.25) is 0 Å². The van der Waals surface area contributed by atoms with Crippen molar-refractivity contribution in [2.45, 2.75) is 82.4 Å². The summed E-state index contributed by atoms with van der Waals surface area (Å²) < 4.78 is 43.8. The van der Waals surface area contributed by atoms with Crippen LogP contribution in [0.3, 0.4) is 0 Å². The van der Waals surface area contributed by atoms with Crippen LogP contribution in [0.15, 0.2) is 11.1 Å². The number of nitrogens with zero attached hydrogens (tertiary/aromatic N) is 3. The number of hydrogen-bond acceptors (Lipinski definition) is 6. The number of halogens is 1. The Labute approximate surface area is 222 Å². The van der Waals surface area contributed by atoms with Crippen LogP contribution in [-0.2, 0) is 46.7 Å². The molecule has 5 rings (SSSR count). The molecular weight excluding hydrogens is 513 g/mol. The third-order valence-corrected chi connectivity index (χ3v) is 8.71. The predicted molar refractivity (Wildman–Crippen MR) is 142 cm³/mol. The Kier molecular flexibility index (Phi) is 6.57. The average molecular weight is 548 g/mol. The van der Waals surface area contributed by atoms with Crippen molar-refractivity contribution in [3.63, 3.8) is 0 Å². The molecule has 2 aliphatic carbocycles. The molecule has 1 aliphatic heterocycles. The highest BCUT2D eigenvalue weighted by molar-refractivity contribution is 7.99. The number of anilines is 1. The van der Waals surface area contributed by atoms with Crippen LogP contribution in [0.1, 0.15) is 55.9 Å². The van der Waals surface area contributed by atoms with Crippen LogP contribution >= 0.6 is 0 Å². The predicted octanol–water partition coefficient (Wildman–Crippen LogP) is 3.44. The van der Waals surface area contributed by atoms with Gasteiger partial charge < -0.3 is 19.7 Å². The van der Waals surface area contributed by atoms with Crippen molar-refractivity contribution in [3.05, 3.63) is 34.3 Å². The maximum absolute atomic E-state index is 15.0. The lowest BCUT2D eigenvalue weighted by atomic mass is 9.98. The number of ether oxygens (including phenoxy) is 2. The van der Waals surface area contributed by atoms with Crippen LogP contribution in [0.4, 0.5) is 19.7 Å². The highest BCUT2D eigenvalue weighted by Crippen LogP contribution is 2.41. The summed E-state index contributed by atoms with van der Waals surface area (Å²) in [5, 5.41) is 7.12. The molecule has 0 bridgehead atoms. The van der Waals surface area contributed by atoms with E-state index in [2.05, 4.69) is 21.0 Å². The minimum absolute atomic E-state index is 0.129. The lowest BCUT2D eigenvalue weighted by Gasteiger charge is -2.33. The summed E-state index contributed by atoms with van der Waals surface area (Å²) in [5.41, 5.74) is 3.04. The zero-order chi connectivity index (χ0) is 27.4. The van der Waals surface area contributed by atoms with E-state index in [1.165, 1.54) is 15.8 Å². The minimum atomic E-state index is -3.34. The van der Waals surface area contributed by atoms with Gasteiger partial charge in [-0.2, -0.15) is 5.10 Å². The summed E-state index contributed by atoms with van der Waals surface area (Å²) in [5.74, 6) is 3.86. The fourth-order valence-electron chi connectivity index (χ4n) is 5.39. The summed E-state index contributed by atoms with van der Waals surface area (Å²) in [6.45, 7) is 5.79. The van der Waals surface area contributed by atoms with Crippen LogP contribution in [-0.4, -0.2) is 62.2 Å². The molecule has 10 nitrogen and oxygen atoms in total. The number of amides is 3. The Hall–Kier alpha value is -3.28.